The van der Waals surface area contributed by atoms with Crippen LogP contribution in [0.3, 0.4) is 0 Å². The van der Waals surface area contributed by atoms with E-state index in [0.717, 1.165) is 31.1 Å². The predicted molar refractivity (Wildman–Crippen MR) is 134 cm³/mol. The first-order valence-electron chi connectivity index (χ1n) is 12.1. The standard InChI is InChI=1S/C27H30FN3O2S/c1-29-23-17-20(26(32)31-15-13-30(14-16-31)21-8-3-2-4-9-21)11-12-24(23)34-25(27(29)33)18-19-7-5-6-10-22(19)28/h5-7,10-12,17-18,21H,2-4,8-9,13-16H2,1H3/b25-18+. The number of halogens is 1. The Balaban J connectivity index is 1.29. The normalized spacial score (nSPS) is 21.1. The Kier molecular flexibility index (Phi) is 6.75. The molecule has 2 amide bonds. The number of carbonyl (C=O) groups is 2. The number of thioether (sulfide) groups is 1. The third-order valence-corrected chi connectivity index (χ3v) is 8.26. The molecule has 1 aliphatic carbocycles. The fourth-order valence-electron chi connectivity index (χ4n) is 5.18. The van der Waals surface area contributed by atoms with Crippen molar-refractivity contribution < 1.29 is 14.0 Å². The highest BCUT2D eigenvalue weighted by Gasteiger charge is 2.30. The minimum atomic E-state index is -0.360. The Morgan fingerprint density at radius 3 is 2.50 bits per heavy atom. The molecule has 0 unspecified atom stereocenters. The van der Waals surface area contributed by atoms with Gasteiger partial charge in [-0.2, -0.15) is 0 Å². The minimum Gasteiger partial charge on any atom is -0.336 e. The van der Waals surface area contributed by atoms with Gasteiger partial charge in [-0.15, -0.1) is 0 Å². The van der Waals surface area contributed by atoms with E-state index in [1.165, 1.54) is 49.9 Å². The molecular formula is C27H30FN3O2S. The van der Waals surface area contributed by atoms with Crippen LogP contribution in [0, 0.1) is 5.82 Å². The average molecular weight is 480 g/mol. The van der Waals surface area contributed by atoms with Crippen LogP contribution in [0.15, 0.2) is 52.3 Å². The smallest absolute Gasteiger partial charge is 0.264 e. The SMILES string of the molecule is CN1C(=O)/C(=C\c2ccccc2F)Sc2ccc(C(=O)N3CCN(C4CCCCC4)CC3)cc21. The molecule has 34 heavy (non-hydrogen) atoms. The highest BCUT2D eigenvalue weighted by molar-refractivity contribution is 8.04. The number of benzene rings is 2. The van der Waals surface area contributed by atoms with Crippen LogP contribution in [-0.4, -0.2) is 60.9 Å². The van der Waals surface area contributed by atoms with E-state index in [9.17, 15) is 14.0 Å². The number of hydrogen-bond donors (Lipinski definition) is 0. The quantitative estimate of drug-likeness (QED) is 0.580. The van der Waals surface area contributed by atoms with Crippen LogP contribution < -0.4 is 4.90 Å². The molecule has 178 valence electrons. The molecule has 2 fully saturated rings. The Morgan fingerprint density at radius 1 is 1.03 bits per heavy atom. The Labute approximate surface area is 204 Å². The molecule has 5 nitrogen and oxygen atoms in total. The molecular weight excluding hydrogens is 449 g/mol. The number of likely N-dealkylation sites (N-methyl/N-ethyl adjacent to an activating group) is 1. The highest BCUT2D eigenvalue weighted by Crippen LogP contribution is 2.42. The zero-order chi connectivity index (χ0) is 23.7. The third kappa shape index (κ3) is 4.64. The Hall–Kier alpha value is -2.64. The Bertz CT molecular complexity index is 1120. The van der Waals surface area contributed by atoms with Crippen molar-refractivity contribution in [1.29, 1.82) is 0 Å². The number of rotatable bonds is 3. The molecule has 1 saturated carbocycles. The number of carbonyl (C=O) groups excluding carboxylic acids is 2. The second kappa shape index (κ2) is 9.92. The first kappa shape index (κ1) is 23.1. The maximum Gasteiger partial charge on any atom is 0.264 e. The van der Waals surface area contributed by atoms with Gasteiger partial charge in [0.25, 0.3) is 11.8 Å². The zero-order valence-electron chi connectivity index (χ0n) is 19.5. The van der Waals surface area contributed by atoms with Crippen molar-refractivity contribution in [2.24, 2.45) is 0 Å². The van der Waals surface area contributed by atoms with Crippen LogP contribution in [0.4, 0.5) is 10.1 Å². The van der Waals surface area contributed by atoms with Crippen molar-refractivity contribution in [3.8, 4) is 0 Å². The molecule has 1 saturated heterocycles. The van der Waals surface area contributed by atoms with E-state index in [0.29, 0.717) is 27.8 Å². The fourth-order valence-corrected chi connectivity index (χ4v) is 6.26. The van der Waals surface area contributed by atoms with Gasteiger partial charge in [0.1, 0.15) is 5.82 Å². The van der Waals surface area contributed by atoms with Crippen molar-refractivity contribution in [2.45, 2.75) is 43.0 Å². The first-order chi connectivity index (χ1) is 16.5. The van der Waals surface area contributed by atoms with Gasteiger partial charge >= 0.3 is 0 Å². The molecule has 5 rings (SSSR count). The summed E-state index contributed by atoms with van der Waals surface area (Å²) in [5.41, 5.74) is 1.70. The van der Waals surface area contributed by atoms with E-state index in [-0.39, 0.29) is 17.6 Å². The second-order valence-electron chi connectivity index (χ2n) is 9.30. The van der Waals surface area contributed by atoms with Gasteiger partial charge < -0.3 is 9.80 Å². The van der Waals surface area contributed by atoms with E-state index in [2.05, 4.69) is 4.90 Å². The summed E-state index contributed by atoms with van der Waals surface area (Å²) < 4.78 is 14.1. The van der Waals surface area contributed by atoms with Gasteiger partial charge in [0.2, 0.25) is 0 Å². The summed E-state index contributed by atoms with van der Waals surface area (Å²) in [5, 5.41) is 0. The largest absolute Gasteiger partial charge is 0.336 e. The van der Waals surface area contributed by atoms with Gasteiger partial charge in [-0.1, -0.05) is 49.2 Å². The Morgan fingerprint density at radius 2 is 1.76 bits per heavy atom. The van der Waals surface area contributed by atoms with Gasteiger partial charge in [0, 0.05) is 55.3 Å². The number of piperazine rings is 1. The van der Waals surface area contributed by atoms with E-state index in [1.54, 1.807) is 36.2 Å². The number of nitrogens with zero attached hydrogens (tertiary/aromatic N) is 3. The van der Waals surface area contributed by atoms with Crippen molar-refractivity contribution >= 4 is 35.3 Å². The maximum absolute atomic E-state index is 14.1. The molecule has 2 heterocycles. The van der Waals surface area contributed by atoms with Crippen LogP contribution in [0.25, 0.3) is 6.08 Å². The summed E-state index contributed by atoms with van der Waals surface area (Å²) in [6.45, 7) is 3.34. The topological polar surface area (TPSA) is 43.9 Å². The summed E-state index contributed by atoms with van der Waals surface area (Å²) in [4.78, 5) is 33.6. The maximum atomic E-state index is 14.1. The molecule has 2 aromatic carbocycles. The molecule has 0 atom stereocenters. The molecule has 0 spiro atoms. The molecule has 0 radical (unpaired) electrons. The van der Waals surface area contributed by atoms with Crippen molar-refractivity contribution in [3.63, 3.8) is 0 Å². The highest BCUT2D eigenvalue weighted by atomic mass is 32.2. The van der Waals surface area contributed by atoms with Gasteiger partial charge in [0.15, 0.2) is 0 Å². The van der Waals surface area contributed by atoms with Crippen LogP contribution in [0.2, 0.25) is 0 Å². The number of amides is 2. The molecule has 2 aliphatic heterocycles. The van der Waals surface area contributed by atoms with E-state index >= 15 is 0 Å². The lowest BCUT2D eigenvalue weighted by molar-refractivity contribution is -0.114. The number of fused-ring (bicyclic) bond motifs is 1. The van der Waals surface area contributed by atoms with Crippen molar-refractivity contribution in [3.05, 3.63) is 64.3 Å². The van der Waals surface area contributed by atoms with Gasteiger partial charge in [0.05, 0.1) is 10.6 Å². The zero-order valence-corrected chi connectivity index (χ0v) is 20.3. The molecule has 0 N–H and O–H groups in total. The average Bonchev–Trinajstić information content (AvgIpc) is 2.88. The van der Waals surface area contributed by atoms with Gasteiger partial charge in [-0.3, -0.25) is 14.5 Å². The molecule has 7 heteroatoms. The minimum absolute atomic E-state index is 0.0182. The summed E-state index contributed by atoms with van der Waals surface area (Å²) >= 11 is 1.32. The van der Waals surface area contributed by atoms with Crippen LogP contribution >= 0.6 is 11.8 Å². The lowest BCUT2D eigenvalue weighted by atomic mass is 9.94. The third-order valence-electron chi connectivity index (χ3n) is 7.19. The lowest BCUT2D eigenvalue weighted by Gasteiger charge is -2.40. The summed E-state index contributed by atoms with van der Waals surface area (Å²) in [6, 6.07) is 12.6. The van der Waals surface area contributed by atoms with E-state index in [1.807, 2.05) is 23.1 Å². The number of anilines is 1. The van der Waals surface area contributed by atoms with Gasteiger partial charge in [-0.05, 0) is 43.2 Å². The number of hydrogen-bond acceptors (Lipinski definition) is 4. The lowest BCUT2D eigenvalue weighted by Crippen LogP contribution is -2.52. The predicted octanol–water partition coefficient (Wildman–Crippen LogP) is 5.03. The fraction of sp³-hybridized carbons (Fsp3) is 0.407. The van der Waals surface area contributed by atoms with Crippen LogP contribution in [0.5, 0.6) is 0 Å². The van der Waals surface area contributed by atoms with Crippen LogP contribution in [0.1, 0.15) is 48.0 Å². The van der Waals surface area contributed by atoms with E-state index in [4.69, 9.17) is 0 Å². The van der Waals surface area contributed by atoms with Gasteiger partial charge in [-0.25, -0.2) is 4.39 Å². The summed E-state index contributed by atoms with van der Waals surface area (Å²) in [5.74, 6) is -0.544. The van der Waals surface area contributed by atoms with Crippen molar-refractivity contribution in [2.75, 3.05) is 38.1 Å². The van der Waals surface area contributed by atoms with E-state index < -0.39 is 0 Å². The molecule has 3 aliphatic rings. The molecule has 0 bridgehead atoms. The van der Waals surface area contributed by atoms with Crippen LogP contribution in [-0.2, 0) is 4.79 Å². The molecule has 2 aromatic rings. The summed E-state index contributed by atoms with van der Waals surface area (Å²) in [7, 11) is 1.70. The molecule has 0 aromatic heterocycles. The van der Waals surface area contributed by atoms with Crippen molar-refractivity contribution in [1.82, 2.24) is 9.80 Å². The second-order valence-corrected chi connectivity index (χ2v) is 10.4. The monoisotopic (exact) mass is 479 g/mol. The first-order valence-corrected chi connectivity index (χ1v) is 12.9. The summed E-state index contributed by atoms with van der Waals surface area (Å²) in [6.07, 6.45) is 8.14.